The zero-order valence-corrected chi connectivity index (χ0v) is 42.0. The minimum atomic E-state index is -4.00. The Labute approximate surface area is 416 Å². The topological polar surface area (TPSA) is 213 Å². The lowest BCUT2D eigenvalue weighted by molar-refractivity contribution is -0.123. The monoisotopic (exact) mass is 1030 g/mol. The number of aliphatic hydroxyl groups is 2. The summed E-state index contributed by atoms with van der Waals surface area (Å²) >= 11 is 14.0. The Morgan fingerprint density at radius 3 is 1.36 bits per heavy atom. The summed E-state index contributed by atoms with van der Waals surface area (Å²) in [7, 11) is -8.01. The van der Waals surface area contributed by atoms with Gasteiger partial charge in [0.15, 0.2) is 17.3 Å². The second kappa shape index (κ2) is 19.8. The van der Waals surface area contributed by atoms with Crippen LogP contribution in [0.1, 0.15) is 45.5 Å². The molecule has 0 spiro atoms. The van der Waals surface area contributed by atoms with E-state index in [1.54, 1.807) is 12.1 Å². The first-order chi connectivity index (χ1) is 33.5. The molecule has 0 aliphatic carbocycles. The molecule has 2 fully saturated rings. The molecule has 6 aromatic rings. The second-order valence-electron chi connectivity index (χ2n) is 18.8. The number of nitrogens with zero attached hydrogens (tertiary/aromatic N) is 4. The van der Waals surface area contributed by atoms with Gasteiger partial charge in [-0.2, -0.15) is 16.8 Å². The van der Waals surface area contributed by atoms with Crippen molar-refractivity contribution in [3.8, 4) is 34.0 Å². The molecule has 17 nitrogen and oxygen atoms in total. The minimum Gasteiger partial charge on any atom is -0.395 e. The Bertz CT molecular complexity index is 3010. The third-order valence-electron chi connectivity index (χ3n) is 13.9. The number of aliphatic hydroxyl groups excluding tert-OH is 2. The van der Waals surface area contributed by atoms with Crippen molar-refractivity contribution < 1.29 is 40.2 Å². The predicted molar refractivity (Wildman–Crippen MR) is 270 cm³/mol. The number of aromatic amines is 2. The van der Waals surface area contributed by atoms with E-state index in [0.29, 0.717) is 57.9 Å². The molecule has 0 radical (unpaired) electrons. The summed E-state index contributed by atoms with van der Waals surface area (Å²) in [6, 6.07) is 17.6. The van der Waals surface area contributed by atoms with Gasteiger partial charge in [0.2, 0.25) is 0 Å². The van der Waals surface area contributed by atoms with Gasteiger partial charge < -0.3 is 28.5 Å². The fourth-order valence-electron chi connectivity index (χ4n) is 10.6. The van der Waals surface area contributed by atoms with E-state index in [1.165, 1.54) is 0 Å². The molecule has 70 heavy (non-hydrogen) atoms. The highest BCUT2D eigenvalue weighted by Crippen LogP contribution is 2.49. The maximum atomic E-state index is 15.4. The normalized spacial score (nSPS) is 19.6. The van der Waals surface area contributed by atoms with E-state index < -0.39 is 32.3 Å². The molecule has 372 valence electrons. The number of aromatic nitrogens is 2. The van der Waals surface area contributed by atoms with Crippen LogP contribution in [-0.2, 0) is 51.2 Å². The van der Waals surface area contributed by atoms with Crippen molar-refractivity contribution in [1.82, 2.24) is 40.2 Å². The van der Waals surface area contributed by atoms with Crippen LogP contribution in [0.5, 0.6) is 11.5 Å². The SMILES string of the molecule is CS(=O)(=O)Oc1cc(-c2cc3cc(CN4CCN(CCO)CC4)ccc3[nH]2)c2c(c1Cl)CNC2C(=O)C1NCc2c(Cl)c(OS(C)(=O)=O)cc(-c3cc4cc(CN5CCN(CCO)CC5)ccc4[nH]3)c21. The number of benzene rings is 4. The Morgan fingerprint density at radius 2 is 0.986 bits per heavy atom. The van der Waals surface area contributed by atoms with Gasteiger partial charge in [-0.05, 0) is 81.9 Å². The number of rotatable bonds is 16. The fourth-order valence-corrected chi connectivity index (χ4v) is 12.1. The molecule has 0 saturated carbocycles. The first kappa shape index (κ1) is 49.0. The summed E-state index contributed by atoms with van der Waals surface area (Å²) < 4.78 is 61.2. The number of carbonyl (C=O) groups is 1. The minimum absolute atomic E-state index is 0.0631. The van der Waals surface area contributed by atoms with E-state index in [2.05, 4.69) is 64.5 Å². The summed E-state index contributed by atoms with van der Waals surface area (Å²) in [6.07, 6.45) is 1.90. The molecule has 2 saturated heterocycles. The van der Waals surface area contributed by atoms with Crippen LogP contribution in [0.4, 0.5) is 0 Å². The van der Waals surface area contributed by atoms with E-state index in [0.717, 1.165) is 111 Å². The number of Topliss-reactive ketones (excluding diaryl/α,β-unsaturated/α-hetero) is 1. The summed E-state index contributed by atoms with van der Waals surface area (Å²) in [5, 5.41) is 27.5. The molecule has 4 aliphatic heterocycles. The van der Waals surface area contributed by atoms with Crippen molar-refractivity contribution in [2.75, 3.05) is 91.2 Å². The molecule has 21 heteroatoms. The molecular formula is C49H56Cl2N8O9S2. The Morgan fingerprint density at radius 1 is 0.600 bits per heavy atom. The van der Waals surface area contributed by atoms with Gasteiger partial charge in [0, 0.05) is 136 Å². The second-order valence-corrected chi connectivity index (χ2v) is 22.7. The average molecular weight is 1040 g/mol. The van der Waals surface area contributed by atoms with Crippen LogP contribution >= 0.6 is 23.2 Å². The molecule has 4 aromatic carbocycles. The molecule has 6 N–H and O–H groups in total. The average Bonchev–Trinajstić information content (AvgIpc) is 4.14. The highest BCUT2D eigenvalue weighted by Gasteiger charge is 2.42. The maximum Gasteiger partial charge on any atom is 0.306 e. The molecule has 10 rings (SSSR count). The lowest BCUT2D eigenvalue weighted by atomic mass is 9.87. The summed E-state index contributed by atoms with van der Waals surface area (Å²) in [5.41, 5.74) is 8.42. The van der Waals surface area contributed by atoms with Crippen LogP contribution < -0.4 is 19.0 Å². The van der Waals surface area contributed by atoms with E-state index in [9.17, 15) is 27.0 Å². The smallest absolute Gasteiger partial charge is 0.306 e. The van der Waals surface area contributed by atoms with Crippen molar-refractivity contribution in [3.63, 3.8) is 0 Å². The number of piperazine rings is 2. The van der Waals surface area contributed by atoms with Crippen LogP contribution in [-0.4, -0.2) is 154 Å². The number of halogens is 2. The van der Waals surface area contributed by atoms with Crippen LogP contribution in [0.3, 0.4) is 0 Å². The maximum absolute atomic E-state index is 15.4. The number of fused-ring (bicyclic) bond motifs is 4. The Hall–Kier alpha value is -4.61. The van der Waals surface area contributed by atoms with Crippen LogP contribution in [0, 0.1) is 0 Å². The highest BCUT2D eigenvalue weighted by molar-refractivity contribution is 7.86. The molecule has 0 amide bonds. The molecular weight excluding hydrogens is 980 g/mol. The van der Waals surface area contributed by atoms with Gasteiger partial charge in [0.25, 0.3) is 0 Å². The largest absolute Gasteiger partial charge is 0.395 e. The predicted octanol–water partition coefficient (Wildman–Crippen LogP) is 4.74. The zero-order valence-electron chi connectivity index (χ0n) is 38.9. The zero-order chi connectivity index (χ0) is 49.1. The van der Waals surface area contributed by atoms with Crippen molar-refractivity contribution in [1.29, 1.82) is 0 Å². The molecule has 2 atom stereocenters. The van der Waals surface area contributed by atoms with Crippen LogP contribution in [0.25, 0.3) is 44.3 Å². The number of hydrogen-bond acceptors (Lipinski definition) is 15. The number of nitrogens with one attached hydrogen (secondary N) is 4. The third-order valence-corrected chi connectivity index (χ3v) is 15.7. The first-order valence-corrected chi connectivity index (χ1v) is 27.8. The number of hydrogen-bond donors (Lipinski definition) is 6. The van der Waals surface area contributed by atoms with Gasteiger partial charge in [-0.15, -0.1) is 0 Å². The van der Waals surface area contributed by atoms with Gasteiger partial charge in [-0.25, -0.2) is 0 Å². The third kappa shape index (κ3) is 10.2. The summed E-state index contributed by atoms with van der Waals surface area (Å²) in [4.78, 5) is 31.7. The van der Waals surface area contributed by atoms with Crippen molar-refractivity contribution in [2.45, 2.75) is 38.3 Å². The Kier molecular flexibility index (Phi) is 13.8. The van der Waals surface area contributed by atoms with Crippen molar-refractivity contribution in [3.05, 3.63) is 104 Å². The van der Waals surface area contributed by atoms with Crippen molar-refractivity contribution >= 4 is 71.0 Å². The highest BCUT2D eigenvalue weighted by atomic mass is 35.5. The number of carbonyl (C=O) groups excluding carboxylic acids is 1. The van der Waals surface area contributed by atoms with E-state index >= 15 is 4.79 Å². The number of H-pyrrole nitrogens is 2. The van der Waals surface area contributed by atoms with Gasteiger partial charge in [-0.1, -0.05) is 35.3 Å². The van der Waals surface area contributed by atoms with Crippen LogP contribution in [0.2, 0.25) is 10.0 Å². The standard InChI is InChI=1S/C49H56Cl2N8O9S2/c1-69(63,64)67-41-23-33(39-21-31-19-29(3-5-37(31)54-39)27-58-11-7-56(8-12-58)15-17-60)43-35(45(41)50)25-52-47(43)49(62)48-44-34(24-42(68-70(2,65)66)46(51)36(44)26-53-48)40-22-32-20-30(4-6-38(32)55-40)28-59-13-9-57(10-14-59)16-18-61/h3-6,19-24,47-48,52-55,60-61H,7-18,25-28H2,1-2H3. The van der Waals surface area contributed by atoms with E-state index in [-0.39, 0.29) is 53.6 Å². The van der Waals surface area contributed by atoms with E-state index in [4.69, 9.17) is 31.6 Å². The van der Waals surface area contributed by atoms with Gasteiger partial charge >= 0.3 is 20.2 Å². The molecule has 6 heterocycles. The fraction of sp³-hybridized carbons (Fsp3) is 0.408. The lowest BCUT2D eigenvalue weighted by Gasteiger charge is -2.34. The molecule has 2 unspecified atom stereocenters. The Balaban J connectivity index is 1.00. The number of ketones is 1. The lowest BCUT2D eigenvalue weighted by Crippen LogP contribution is -2.46. The van der Waals surface area contributed by atoms with Gasteiger partial charge in [0.1, 0.15) is 0 Å². The number of β-amino-alcohol motifs (C(OH)–C–C–N with tert-alkyl or cyclic N) is 2. The first-order valence-electron chi connectivity index (χ1n) is 23.4. The summed E-state index contributed by atoms with van der Waals surface area (Å²) in [6.45, 7) is 10.5. The van der Waals surface area contributed by atoms with E-state index in [1.807, 2.05) is 24.3 Å². The molecule has 0 bridgehead atoms. The van der Waals surface area contributed by atoms with Gasteiger partial charge in [0.05, 0.1) is 47.9 Å². The quantitative estimate of drug-likeness (QED) is 0.0723. The van der Waals surface area contributed by atoms with Gasteiger partial charge in [-0.3, -0.25) is 35.0 Å². The van der Waals surface area contributed by atoms with Crippen molar-refractivity contribution in [2.24, 2.45) is 0 Å². The molecule has 2 aromatic heterocycles. The summed E-state index contributed by atoms with van der Waals surface area (Å²) in [5.74, 6) is -0.394. The molecule has 4 aliphatic rings. The van der Waals surface area contributed by atoms with Crippen LogP contribution in [0.15, 0.2) is 60.7 Å².